The Kier molecular flexibility index (Phi) is 4.18. The first-order chi connectivity index (χ1) is 8.72. The lowest BCUT2D eigenvalue weighted by atomic mass is 10.3. The molecule has 2 rings (SSSR count). The molecule has 4 nitrogen and oxygen atoms in total. The third kappa shape index (κ3) is 3.00. The highest BCUT2D eigenvalue weighted by atomic mass is 79.9. The van der Waals surface area contributed by atoms with Gasteiger partial charge in [0.1, 0.15) is 16.8 Å². The maximum absolute atomic E-state index is 8.65. The summed E-state index contributed by atoms with van der Waals surface area (Å²) in [7, 11) is 1.62. The molecule has 0 unspecified atom stereocenters. The lowest BCUT2D eigenvalue weighted by Gasteiger charge is -2.07. The normalized spacial score (nSPS) is 9.83. The number of hydrogen-bond acceptors (Lipinski definition) is 5. The summed E-state index contributed by atoms with van der Waals surface area (Å²) in [5.41, 5.74) is 0.306. The fraction of sp³-hybridized carbons (Fsp3) is 0.0833. The highest BCUT2D eigenvalue weighted by molar-refractivity contribution is 9.10. The van der Waals surface area contributed by atoms with Gasteiger partial charge < -0.3 is 4.74 Å². The number of nitriles is 1. The second-order valence-electron chi connectivity index (χ2n) is 3.25. The van der Waals surface area contributed by atoms with Crippen LogP contribution in [0.3, 0.4) is 0 Å². The van der Waals surface area contributed by atoms with Crippen LogP contribution in [-0.4, -0.2) is 17.1 Å². The molecule has 0 aliphatic heterocycles. The number of ether oxygens (including phenoxy) is 1. The Morgan fingerprint density at radius 2 is 2.17 bits per heavy atom. The van der Waals surface area contributed by atoms with Crippen molar-refractivity contribution >= 4 is 27.7 Å². The van der Waals surface area contributed by atoms with Crippen LogP contribution in [0.5, 0.6) is 5.75 Å². The Bertz CT molecular complexity index is 595. The summed E-state index contributed by atoms with van der Waals surface area (Å²) >= 11 is 4.85. The van der Waals surface area contributed by atoms with Gasteiger partial charge in [0.05, 0.1) is 24.4 Å². The predicted octanol–water partition coefficient (Wildman–Crippen LogP) is 3.27. The SMILES string of the molecule is COc1ccc(Br)cc1Sc1cnc(C#N)cn1. The first-order valence-corrected chi connectivity index (χ1v) is 6.57. The van der Waals surface area contributed by atoms with Crippen LogP contribution in [0.1, 0.15) is 5.69 Å². The summed E-state index contributed by atoms with van der Waals surface area (Å²) in [6.07, 6.45) is 3.02. The van der Waals surface area contributed by atoms with Crippen molar-refractivity contribution in [3.8, 4) is 11.8 Å². The molecule has 0 atom stereocenters. The summed E-state index contributed by atoms with van der Waals surface area (Å²) in [5, 5.41) is 9.36. The second-order valence-corrected chi connectivity index (χ2v) is 5.23. The minimum absolute atomic E-state index is 0.306. The van der Waals surface area contributed by atoms with Gasteiger partial charge in [0.25, 0.3) is 0 Å². The van der Waals surface area contributed by atoms with E-state index in [1.807, 2.05) is 24.3 Å². The molecule has 0 aliphatic rings. The van der Waals surface area contributed by atoms with Crippen molar-refractivity contribution in [2.24, 2.45) is 0 Å². The minimum atomic E-state index is 0.306. The summed E-state index contributed by atoms with van der Waals surface area (Å²) in [6.45, 7) is 0. The molecule has 0 fully saturated rings. The fourth-order valence-electron chi connectivity index (χ4n) is 1.27. The van der Waals surface area contributed by atoms with E-state index in [4.69, 9.17) is 10.00 Å². The molecular weight excluding hydrogens is 314 g/mol. The van der Waals surface area contributed by atoms with Crippen molar-refractivity contribution in [2.45, 2.75) is 9.92 Å². The van der Waals surface area contributed by atoms with E-state index in [-0.39, 0.29) is 0 Å². The largest absolute Gasteiger partial charge is 0.496 e. The average Bonchev–Trinajstić information content (AvgIpc) is 2.40. The lowest BCUT2D eigenvalue weighted by molar-refractivity contribution is 0.404. The van der Waals surface area contributed by atoms with Gasteiger partial charge >= 0.3 is 0 Å². The van der Waals surface area contributed by atoms with Gasteiger partial charge in [0, 0.05) is 4.47 Å². The summed E-state index contributed by atoms with van der Waals surface area (Å²) < 4.78 is 6.24. The van der Waals surface area contributed by atoms with Crippen molar-refractivity contribution in [1.82, 2.24) is 9.97 Å². The first-order valence-electron chi connectivity index (χ1n) is 4.96. The van der Waals surface area contributed by atoms with E-state index in [1.54, 1.807) is 13.3 Å². The molecule has 1 heterocycles. The molecule has 90 valence electrons. The van der Waals surface area contributed by atoms with Gasteiger partial charge in [-0.05, 0) is 18.2 Å². The Balaban J connectivity index is 2.27. The molecule has 1 aromatic heterocycles. The zero-order chi connectivity index (χ0) is 13.0. The van der Waals surface area contributed by atoms with Gasteiger partial charge in [0.2, 0.25) is 0 Å². The molecule has 0 bridgehead atoms. The third-order valence-electron chi connectivity index (χ3n) is 2.08. The molecule has 0 amide bonds. The van der Waals surface area contributed by atoms with E-state index >= 15 is 0 Å². The zero-order valence-electron chi connectivity index (χ0n) is 9.42. The van der Waals surface area contributed by atoms with Gasteiger partial charge in [-0.25, -0.2) is 9.97 Å². The van der Waals surface area contributed by atoms with Gasteiger partial charge in [-0.3, -0.25) is 0 Å². The van der Waals surface area contributed by atoms with Crippen molar-refractivity contribution in [1.29, 1.82) is 5.26 Å². The maximum Gasteiger partial charge on any atom is 0.158 e. The molecular formula is C12H8BrN3OS. The van der Waals surface area contributed by atoms with E-state index in [9.17, 15) is 0 Å². The maximum atomic E-state index is 8.65. The molecule has 6 heteroatoms. The highest BCUT2D eigenvalue weighted by Crippen LogP contribution is 2.35. The molecule has 0 N–H and O–H groups in total. The smallest absolute Gasteiger partial charge is 0.158 e. The van der Waals surface area contributed by atoms with Crippen molar-refractivity contribution in [3.05, 3.63) is 40.8 Å². The molecule has 0 saturated carbocycles. The average molecular weight is 322 g/mol. The molecule has 0 saturated heterocycles. The quantitative estimate of drug-likeness (QED) is 0.868. The van der Waals surface area contributed by atoms with Crippen LogP contribution >= 0.6 is 27.7 Å². The molecule has 2 aromatic rings. The predicted molar refractivity (Wildman–Crippen MR) is 71.6 cm³/mol. The summed E-state index contributed by atoms with van der Waals surface area (Å²) in [5.74, 6) is 0.773. The van der Waals surface area contributed by atoms with Crippen LogP contribution in [0.25, 0.3) is 0 Å². The standard InChI is InChI=1S/C12H8BrN3OS/c1-17-10-3-2-8(13)4-11(10)18-12-7-15-9(5-14)6-16-12/h2-4,6-7H,1H3. The Labute approximate surface area is 117 Å². The minimum Gasteiger partial charge on any atom is -0.496 e. The van der Waals surface area contributed by atoms with Crippen LogP contribution in [0.4, 0.5) is 0 Å². The monoisotopic (exact) mass is 321 g/mol. The Morgan fingerprint density at radius 3 is 2.78 bits per heavy atom. The highest BCUT2D eigenvalue weighted by Gasteiger charge is 2.07. The zero-order valence-corrected chi connectivity index (χ0v) is 11.8. The molecule has 0 spiro atoms. The van der Waals surface area contributed by atoms with Crippen molar-refractivity contribution in [3.63, 3.8) is 0 Å². The summed E-state index contributed by atoms with van der Waals surface area (Å²) in [6, 6.07) is 7.67. The van der Waals surface area contributed by atoms with Crippen LogP contribution in [0.2, 0.25) is 0 Å². The van der Waals surface area contributed by atoms with E-state index in [2.05, 4.69) is 25.9 Å². The topological polar surface area (TPSA) is 58.8 Å². The number of halogens is 1. The Hall–Kier alpha value is -1.58. The molecule has 1 aromatic carbocycles. The van der Waals surface area contributed by atoms with Crippen molar-refractivity contribution < 1.29 is 4.74 Å². The lowest BCUT2D eigenvalue weighted by Crippen LogP contribution is -1.89. The van der Waals surface area contributed by atoms with E-state index < -0.39 is 0 Å². The third-order valence-corrected chi connectivity index (χ3v) is 3.54. The van der Waals surface area contributed by atoms with E-state index in [1.165, 1.54) is 18.0 Å². The number of methoxy groups -OCH3 is 1. The van der Waals surface area contributed by atoms with Crippen molar-refractivity contribution in [2.75, 3.05) is 7.11 Å². The van der Waals surface area contributed by atoms with Crippen LogP contribution in [0.15, 0.2) is 45.0 Å². The van der Waals surface area contributed by atoms with Gasteiger partial charge in [-0.15, -0.1) is 0 Å². The number of rotatable bonds is 3. The number of benzene rings is 1. The van der Waals surface area contributed by atoms with E-state index in [0.717, 1.165) is 15.1 Å². The van der Waals surface area contributed by atoms with Gasteiger partial charge in [0.15, 0.2) is 5.69 Å². The molecule has 0 aliphatic carbocycles. The second kappa shape index (κ2) is 5.85. The molecule has 0 radical (unpaired) electrons. The summed E-state index contributed by atoms with van der Waals surface area (Å²) in [4.78, 5) is 9.07. The molecule has 18 heavy (non-hydrogen) atoms. The van der Waals surface area contributed by atoms with Gasteiger partial charge in [-0.1, -0.05) is 27.7 Å². The first kappa shape index (κ1) is 12.9. The fourth-order valence-corrected chi connectivity index (χ4v) is 2.66. The van der Waals surface area contributed by atoms with E-state index in [0.29, 0.717) is 10.7 Å². The number of hydrogen-bond donors (Lipinski definition) is 0. The van der Waals surface area contributed by atoms with Gasteiger partial charge in [-0.2, -0.15) is 5.26 Å². The number of nitrogens with zero attached hydrogens (tertiary/aromatic N) is 3. The Morgan fingerprint density at radius 1 is 1.33 bits per heavy atom. The van der Waals surface area contributed by atoms with Crippen LogP contribution in [-0.2, 0) is 0 Å². The number of aromatic nitrogens is 2. The van der Waals surface area contributed by atoms with Crippen LogP contribution in [0, 0.1) is 11.3 Å². The van der Waals surface area contributed by atoms with Crippen LogP contribution < -0.4 is 4.74 Å².